The fourth-order valence-corrected chi connectivity index (χ4v) is 4.87. The second-order valence-corrected chi connectivity index (χ2v) is 10.6. The first-order valence-electron chi connectivity index (χ1n) is 15.5. The molecule has 246 valence electrons. The molecule has 6 aromatic rings. The van der Waals surface area contributed by atoms with Gasteiger partial charge in [0.1, 0.15) is 17.2 Å². The van der Waals surface area contributed by atoms with Crippen LogP contribution in [0.3, 0.4) is 0 Å². The molecule has 49 heavy (non-hydrogen) atoms. The molecule has 0 bridgehead atoms. The van der Waals surface area contributed by atoms with Gasteiger partial charge in [0.25, 0.3) is 0 Å². The van der Waals surface area contributed by atoms with Crippen molar-refractivity contribution in [2.75, 3.05) is 24.6 Å². The van der Waals surface area contributed by atoms with E-state index >= 15 is 0 Å². The number of para-hydroxylation sites is 8. The van der Waals surface area contributed by atoms with Crippen molar-refractivity contribution in [1.29, 1.82) is 0 Å². The molecule has 2 heterocycles. The largest absolute Gasteiger partial charge is 0.455 e. The second-order valence-electron chi connectivity index (χ2n) is 10.6. The topological polar surface area (TPSA) is 111 Å². The molecule has 8 rings (SSSR count). The fraction of sp³-hybridized carbons (Fsp3) is 0.0750. The highest BCUT2D eigenvalue weighted by molar-refractivity contribution is 5.81. The molecule has 2 aliphatic heterocycles. The summed E-state index contributed by atoms with van der Waals surface area (Å²) < 4.78 is 32.7. The Labute approximate surface area is 284 Å². The predicted molar refractivity (Wildman–Crippen MR) is 188 cm³/mol. The van der Waals surface area contributed by atoms with Gasteiger partial charge in [-0.1, -0.05) is 78.9 Å². The number of nitrogen functional groups attached to an aromatic ring is 1. The lowest BCUT2D eigenvalue weighted by molar-refractivity contribution is 0.111. The average molecular weight is 655 g/mol. The molecule has 0 saturated carbocycles. The van der Waals surface area contributed by atoms with Crippen molar-refractivity contribution in [2.45, 2.75) is 6.54 Å². The number of rotatable bonds is 8. The van der Waals surface area contributed by atoms with Crippen LogP contribution >= 0.6 is 0 Å². The lowest BCUT2D eigenvalue weighted by Gasteiger charge is -2.13. The van der Waals surface area contributed by atoms with Crippen molar-refractivity contribution in [3.05, 3.63) is 157 Å². The Hall–Kier alpha value is -6.61. The molecule has 0 aromatic heterocycles. The van der Waals surface area contributed by atoms with Crippen LogP contribution in [0, 0.1) is 0 Å². The van der Waals surface area contributed by atoms with Gasteiger partial charge in [-0.05, 0) is 66.7 Å². The molecular weight excluding hydrogens is 620 g/mol. The first kappa shape index (κ1) is 32.3. The summed E-state index contributed by atoms with van der Waals surface area (Å²) in [6, 6.07) is 45.8. The van der Waals surface area contributed by atoms with Crippen molar-refractivity contribution in [3.8, 4) is 46.0 Å². The van der Waals surface area contributed by atoms with Crippen LogP contribution in [0.25, 0.3) is 0 Å². The lowest BCUT2D eigenvalue weighted by atomic mass is 10.2. The van der Waals surface area contributed by atoms with Crippen LogP contribution in [0.2, 0.25) is 0 Å². The maximum atomic E-state index is 10.4. The number of fused-ring (bicyclic) bond motifs is 2. The highest BCUT2D eigenvalue weighted by Gasteiger charge is 2.18. The third kappa shape index (κ3) is 8.60. The number of aldehydes is 1. The van der Waals surface area contributed by atoms with Gasteiger partial charge in [0.05, 0.1) is 16.9 Å². The van der Waals surface area contributed by atoms with E-state index < -0.39 is 0 Å². The molecule has 0 spiro atoms. The summed E-state index contributed by atoms with van der Waals surface area (Å²) in [5.41, 5.74) is 8.92. The van der Waals surface area contributed by atoms with Gasteiger partial charge in [-0.3, -0.25) is 4.79 Å². The first-order chi connectivity index (χ1) is 24.2. The standard InChI is InChI=1S/C20H17NO3.C12H11NO.C8H6O3/c1-2-8-16(9-3-1)24-18-11-5-4-10-17(18)21-13-15-7-6-12-19-20(15)23-14-22-19;13-11-8-4-5-9-12(11)14-10-6-2-1-3-7-10;9-4-6-2-1-3-7-8(6)11-5-10-7/h1-12,21H,13-14H2;1-9H,13H2;1-4H,5H2. The molecule has 0 atom stereocenters. The van der Waals surface area contributed by atoms with E-state index in [1.807, 2.05) is 127 Å². The number of benzene rings is 6. The van der Waals surface area contributed by atoms with Crippen LogP contribution in [0.4, 0.5) is 11.4 Å². The molecular formula is C40H34N2O7. The molecule has 9 heteroatoms. The molecule has 2 aliphatic rings. The van der Waals surface area contributed by atoms with E-state index in [1.54, 1.807) is 18.2 Å². The Balaban J connectivity index is 0.000000141. The van der Waals surface area contributed by atoms with Gasteiger partial charge in [0.2, 0.25) is 13.6 Å². The Morgan fingerprint density at radius 2 is 1.12 bits per heavy atom. The Morgan fingerprint density at radius 3 is 1.80 bits per heavy atom. The number of hydrogen-bond acceptors (Lipinski definition) is 9. The smallest absolute Gasteiger partial charge is 0.231 e. The Bertz CT molecular complexity index is 1970. The molecule has 0 amide bonds. The highest BCUT2D eigenvalue weighted by atomic mass is 16.7. The molecule has 3 N–H and O–H groups in total. The number of hydrogen-bond donors (Lipinski definition) is 2. The molecule has 9 nitrogen and oxygen atoms in total. The maximum absolute atomic E-state index is 10.4. The van der Waals surface area contributed by atoms with Gasteiger partial charge in [0.15, 0.2) is 35.0 Å². The number of ether oxygens (including phenoxy) is 6. The van der Waals surface area contributed by atoms with Crippen LogP contribution in [-0.2, 0) is 6.54 Å². The maximum Gasteiger partial charge on any atom is 0.231 e. The Morgan fingerprint density at radius 1 is 0.571 bits per heavy atom. The number of anilines is 2. The van der Waals surface area contributed by atoms with Gasteiger partial charge in [-0.25, -0.2) is 0 Å². The van der Waals surface area contributed by atoms with Crippen molar-refractivity contribution >= 4 is 17.7 Å². The summed E-state index contributed by atoms with van der Waals surface area (Å²) in [5.74, 6) is 5.90. The molecule has 0 radical (unpaired) electrons. The van der Waals surface area contributed by atoms with Crippen LogP contribution in [0.15, 0.2) is 146 Å². The number of carbonyl (C=O) groups is 1. The number of nitrogens with one attached hydrogen (secondary N) is 1. The minimum absolute atomic E-state index is 0.209. The zero-order valence-corrected chi connectivity index (χ0v) is 26.5. The van der Waals surface area contributed by atoms with E-state index in [9.17, 15) is 4.79 Å². The highest BCUT2D eigenvalue weighted by Crippen LogP contribution is 2.37. The van der Waals surface area contributed by atoms with Crippen LogP contribution in [-0.4, -0.2) is 19.9 Å². The van der Waals surface area contributed by atoms with E-state index in [0.29, 0.717) is 35.0 Å². The van der Waals surface area contributed by atoms with E-state index in [-0.39, 0.29) is 13.6 Å². The predicted octanol–water partition coefficient (Wildman–Crippen LogP) is 9.11. The lowest BCUT2D eigenvalue weighted by Crippen LogP contribution is -2.02. The van der Waals surface area contributed by atoms with Crippen molar-refractivity contribution in [1.82, 2.24) is 0 Å². The van der Waals surface area contributed by atoms with E-state index in [1.165, 1.54) is 0 Å². The molecule has 0 fully saturated rings. The molecule has 6 aromatic carbocycles. The number of carbonyl (C=O) groups excluding carboxylic acids is 1. The van der Waals surface area contributed by atoms with E-state index in [0.717, 1.165) is 46.3 Å². The normalized spacial score (nSPS) is 11.6. The minimum atomic E-state index is 0.209. The summed E-state index contributed by atoms with van der Waals surface area (Å²) in [5, 5.41) is 3.42. The van der Waals surface area contributed by atoms with Crippen molar-refractivity contribution < 1.29 is 33.2 Å². The molecule has 0 unspecified atom stereocenters. The van der Waals surface area contributed by atoms with E-state index in [2.05, 4.69) is 5.32 Å². The first-order valence-corrected chi connectivity index (χ1v) is 15.5. The monoisotopic (exact) mass is 654 g/mol. The summed E-state index contributed by atoms with van der Waals surface area (Å²) in [6.07, 6.45) is 0.757. The summed E-state index contributed by atoms with van der Waals surface area (Å²) in [6.45, 7) is 1.11. The Kier molecular flexibility index (Phi) is 10.7. The SMILES string of the molecule is Nc1ccccc1Oc1ccccc1.O=Cc1cccc2c1OCO2.c1ccc(Oc2ccccc2NCc2cccc3c2OCO3)cc1. The van der Waals surface area contributed by atoms with E-state index in [4.69, 9.17) is 34.2 Å². The number of nitrogens with two attached hydrogens (primary N) is 1. The zero-order chi connectivity index (χ0) is 33.7. The van der Waals surface area contributed by atoms with Gasteiger partial charge in [0, 0.05) is 12.1 Å². The third-order valence-electron chi connectivity index (χ3n) is 7.25. The summed E-state index contributed by atoms with van der Waals surface area (Å²) >= 11 is 0. The fourth-order valence-electron chi connectivity index (χ4n) is 4.87. The molecule has 0 saturated heterocycles. The van der Waals surface area contributed by atoms with Gasteiger partial charge in [-0.15, -0.1) is 0 Å². The quantitative estimate of drug-likeness (QED) is 0.123. The van der Waals surface area contributed by atoms with Crippen LogP contribution in [0.5, 0.6) is 46.0 Å². The summed E-state index contributed by atoms with van der Waals surface area (Å²) in [4.78, 5) is 10.4. The second kappa shape index (κ2) is 16.3. The summed E-state index contributed by atoms with van der Waals surface area (Å²) in [7, 11) is 0. The van der Waals surface area contributed by atoms with Gasteiger partial charge >= 0.3 is 0 Å². The average Bonchev–Trinajstić information content (AvgIpc) is 3.84. The minimum Gasteiger partial charge on any atom is -0.455 e. The van der Waals surface area contributed by atoms with Gasteiger partial charge in [-0.2, -0.15) is 0 Å². The van der Waals surface area contributed by atoms with Crippen LogP contribution < -0.4 is 39.5 Å². The van der Waals surface area contributed by atoms with Gasteiger partial charge < -0.3 is 39.5 Å². The van der Waals surface area contributed by atoms with Crippen molar-refractivity contribution in [2.24, 2.45) is 0 Å². The molecule has 0 aliphatic carbocycles. The van der Waals surface area contributed by atoms with Crippen LogP contribution in [0.1, 0.15) is 15.9 Å². The van der Waals surface area contributed by atoms with Crippen molar-refractivity contribution in [3.63, 3.8) is 0 Å². The third-order valence-corrected chi connectivity index (χ3v) is 7.25. The zero-order valence-electron chi connectivity index (χ0n) is 26.5.